The molecule has 2 rings (SSSR count). The smallest absolute Gasteiger partial charge is 0.336 e. The maximum Gasteiger partial charge on any atom is 0.336 e. The molecule has 0 aliphatic carbocycles. The van der Waals surface area contributed by atoms with Gasteiger partial charge in [0, 0.05) is 11.6 Å². The van der Waals surface area contributed by atoms with E-state index in [1.807, 2.05) is 0 Å². The van der Waals surface area contributed by atoms with E-state index in [2.05, 4.69) is 0 Å². The molecular formula is C18H18O6. The number of rotatable bonds is 6. The minimum atomic E-state index is -1.13. The first-order chi connectivity index (χ1) is 11.5. The standard InChI is InChI=1S/C18H18O6/c1-22-15-10-17(24-3)16(23-2)9-12(15)8-14(18(20)21)11-5-4-6-13(19)7-11/h4-10,19H,1-3H3,(H,20,21)/b14-8-. The quantitative estimate of drug-likeness (QED) is 0.625. The van der Waals surface area contributed by atoms with Gasteiger partial charge in [-0.15, -0.1) is 0 Å². The van der Waals surface area contributed by atoms with Gasteiger partial charge in [-0.3, -0.25) is 0 Å². The largest absolute Gasteiger partial charge is 0.508 e. The molecule has 0 spiro atoms. The molecule has 126 valence electrons. The number of aromatic hydroxyl groups is 1. The number of phenols is 1. The van der Waals surface area contributed by atoms with E-state index in [9.17, 15) is 15.0 Å². The van der Waals surface area contributed by atoms with Crippen LogP contribution in [0.5, 0.6) is 23.0 Å². The second kappa shape index (κ2) is 7.41. The Hall–Kier alpha value is -3.15. The number of ether oxygens (including phenoxy) is 3. The Morgan fingerprint density at radius 2 is 1.58 bits per heavy atom. The predicted octanol–water partition coefficient (Wildman–Crippen LogP) is 3.04. The lowest BCUT2D eigenvalue weighted by Crippen LogP contribution is -2.00. The van der Waals surface area contributed by atoms with Gasteiger partial charge in [0.05, 0.1) is 26.9 Å². The fourth-order valence-corrected chi connectivity index (χ4v) is 2.26. The molecule has 0 aromatic heterocycles. The summed E-state index contributed by atoms with van der Waals surface area (Å²) in [6, 6.07) is 9.28. The van der Waals surface area contributed by atoms with Gasteiger partial charge in [0.15, 0.2) is 11.5 Å². The van der Waals surface area contributed by atoms with Gasteiger partial charge in [-0.05, 0) is 29.8 Å². The van der Waals surface area contributed by atoms with Crippen molar-refractivity contribution in [2.24, 2.45) is 0 Å². The van der Waals surface area contributed by atoms with E-state index in [0.717, 1.165) is 0 Å². The predicted molar refractivity (Wildman–Crippen MR) is 89.7 cm³/mol. The molecule has 0 bridgehead atoms. The summed E-state index contributed by atoms with van der Waals surface area (Å²) in [5.41, 5.74) is 0.895. The van der Waals surface area contributed by atoms with Crippen LogP contribution in [0.25, 0.3) is 11.6 Å². The number of aliphatic carboxylic acids is 1. The van der Waals surface area contributed by atoms with Crippen molar-refractivity contribution in [1.82, 2.24) is 0 Å². The third-order valence-electron chi connectivity index (χ3n) is 3.42. The van der Waals surface area contributed by atoms with Crippen LogP contribution in [0.1, 0.15) is 11.1 Å². The summed E-state index contributed by atoms with van der Waals surface area (Å²) in [5.74, 6) is 0.217. The molecule has 0 radical (unpaired) electrons. The van der Waals surface area contributed by atoms with Crippen LogP contribution in [0.2, 0.25) is 0 Å². The number of benzene rings is 2. The van der Waals surface area contributed by atoms with Crippen LogP contribution in [0.3, 0.4) is 0 Å². The number of methoxy groups -OCH3 is 3. The van der Waals surface area contributed by atoms with E-state index in [0.29, 0.717) is 28.4 Å². The number of phenolic OH excluding ortho intramolecular Hbond substituents is 1. The topological polar surface area (TPSA) is 85.2 Å². The van der Waals surface area contributed by atoms with Crippen LogP contribution in [0.15, 0.2) is 36.4 Å². The zero-order chi connectivity index (χ0) is 17.7. The van der Waals surface area contributed by atoms with Crippen molar-refractivity contribution >= 4 is 17.6 Å². The summed E-state index contributed by atoms with van der Waals surface area (Å²) in [4.78, 5) is 11.6. The maximum atomic E-state index is 11.6. The lowest BCUT2D eigenvalue weighted by molar-refractivity contribution is -0.130. The van der Waals surface area contributed by atoms with Crippen molar-refractivity contribution in [3.63, 3.8) is 0 Å². The first-order valence-corrected chi connectivity index (χ1v) is 7.04. The van der Waals surface area contributed by atoms with E-state index in [1.54, 1.807) is 24.3 Å². The summed E-state index contributed by atoms with van der Waals surface area (Å²) in [6.45, 7) is 0. The van der Waals surface area contributed by atoms with Crippen LogP contribution >= 0.6 is 0 Å². The molecule has 0 saturated heterocycles. The Balaban J connectivity index is 2.63. The molecule has 0 aliphatic heterocycles. The molecule has 2 N–H and O–H groups in total. The highest BCUT2D eigenvalue weighted by molar-refractivity contribution is 6.21. The van der Waals surface area contributed by atoms with Crippen LogP contribution < -0.4 is 14.2 Å². The van der Waals surface area contributed by atoms with Crippen molar-refractivity contribution < 1.29 is 29.2 Å². The van der Waals surface area contributed by atoms with Crippen molar-refractivity contribution in [2.75, 3.05) is 21.3 Å². The highest BCUT2D eigenvalue weighted by Gasteiger charge is 2.15. The average Bonchev–Trinajstić information content (AvgIpc) is 2.58. The lowest BCUT2D eigenvalue weighted by Gasteiger charge is -2.13. The van der Waals surface area contributed by atoms with Crippen molar-refractivity contribution in [3.05, 3.63) is 47.5 Å². The van der Waals surface area contributed by atoms with Gasteiger partial charge in [0.2, 0.25) is 0 Å². The highest BCUT2D eigenvalue weighted by Crippen LogP contribution is 2.36. The monoisotopic (exact) mass is 330 g/mol. The average molecular weight is 330 g/mol. The van der Waals surface area contributed by atoms with Crippen molar-refractivity contribution in [3.8, 4) is 23.0 Å². The Labute approximate surface area is 139 Å². The maximum absolute atomic E-state index is 11.6. The zero-order valence-corrected chi connectivity index (χ0v) is 13.6. The first kappa shape index (κ1) is 17.2. The van der Waals surface area contributed by atoms with Gasteiger partial charge >= 0.3 is 5.97 Å². The van der Waals surface area contributed by atoms with E-state index in [1.165, 1.54) is 39.5 Å². The van der Waals surface area contributed by atoms with E-state index >= 15 is 0 Å². The summed E-state index contributed by atoms with van der Waals surface area (Å²) in [5, 5.41) is 19.1. The fraction of sp³-hybridized carbons (Fsp3) is 0.167. The Morgan fingerprint density at radius 1 is 0.958 bits per heavy atom. The molecule has 6 heteroatoms. The molecule has 0 amide bonds. The SMILES string of the molecule is COc1cc(OC)c(OC)cc1/C=C(\C(=O)O)c1cccc(O)c1. The van der Waals surface area contributed by atoms with Gasteiger partial charge in [0.25, 0.3) is 0 Å². The minimum Gasteiger partial charge on any atom is -0.508 e. The third-order valence-corrected chi connectivity index (χ3v) is 3.42. The zero-order valence-electron chi connectivity index (χ0n) is 13.6. The Morgan fingerprint density at radius 3 is 2.12 bits per heavy atom. The van der Waals surface area contributed by atoms with Crippen LogP contribution in [0, 0.1) is 0 Å². The Bertz CT molecular complexity index is 779. The normalized spacial score (nSPS) is 11.0. The number of hydrogen-bond acceptors (Lipinski definition) is 5. The van der Waals surface area contributed by atoms with Crippen molar-refractivity contribution in [2.45, 2.75) is 0 Å². The number of carboxylic acid groups (broad SMARTS) is 1. The molecule has 0 fully saturated rings. The third kappa shape index (κ3) is 3.60. The molecule has 2 aromatic rings. The second-order valence-electron chi connectivity index (χ2n) is 4.86. The van der Waals surface area contributed by atoms with E-state index < -0.39 is 5.97 Å². The summed E-state index contributed by atoms with van der Waals surface area (Å²) >= 11 is 0. The minimum absolute atomic E-state index is 0.0106. The molecule has 0 atom stereocenters. The molecule has 6 nitrogen and oxygen atoms in total. The molecule has 2 aromatic carbocycles. The lowest BCUT2D eigenvalue weighted by atomic mass is 10.0. The van der Waals surface area contributed by atoms with Crippen molar-refractivity contribution in [1.29, 1.82) is 0 Å². The number of hydrogen-bond donors (Lipinski definition) is 2. The molecule has 0 unspecified atom stereocenters. The number of carbonyl (C=O) groups is 1. The molecule has 24 heavy (non-hydrogen) atoms. The van der Waals surface area contributed by atoms with E-state index in [4.69, 9.17) is 14.2 Å². The molecule has 0 heterocycles. The van der Waals surface area contributed by atoms with Crippen LogP contribution in [-0.2, 0) is 4.79 Å². The molecular weight excluding hydrogens is 312 g/mol. The first-order valence-electron chi connectivity index (χ1n) is 7.04. The summed E-state index contributed by atoms with van der Waals surface area (Å²) in [6.07, 6.45) is 1.46. The number of carboxylic acids is 1. The molecule has 0 aliphatic rings. The van der Waals surface area contributed by atoms with Gasteiger partial charge in [0.1, 0.15) is 11.5 Å². The fourth-order valence-electron chi connectivity index (χ4n) is 2.26. The van der Waals surface area contributed by atoms with Crippen LogP contribution in [0.4, 0.5) is 0 Å². The summed E-state index contributed by atoms with van der Waals surface area (Å²) < 4.78 is 15.8. The van der Waals surface area contributed by atoms with Gasteiger partial charge < -0.3 is 24.4 Å². The van der Waals surface area contributed by atoms with Crippen LogP contribution in [-0.4, -0.2) is 37.5 Å². The van der Waals surface area contributed by atoms with E-state index in [-0.39, 0.29) is 11.3 Å². The van der Waals surface area contributed by atoms with Gasteiger partial charge in [-0.2, -0.15) is 0 Å². The second-order valence-corrected chi connectivity index (χ2v) is 4.86. The van der Waals surface area contributed by atoms with Gasteiger partial charge in [-0.25, -0.2) is 4.79 Å². The molecule has 0 saturated carbocycles. The summed E-state index contributed by atoms with van der Waals surface area (Å²) in [7, 11) is 4.47. The Kier molecular flexibility index (Phi) is 5.31. The highest BCUT2D eigenvalue weighted by atomic mass is 16.5. The van der Waals surface area contributed by atoms with Gasteiger partial charge in [-0.1, -0.05) is 12.1 Å².